The van der Waals surface area contributed by atoms with E-state index in [0.717, 1.165) is 80.6 Å². The van der Waals surface area contributed by atoms with E-state index in [-0.39, 0.29) is 0 Å². The van der Waals surface area contributed by atoms with Gasteiger partial charge in [-0.05, 0) is 93.4 Å². The van der Waals surface area contributed by atoms with Crippen LogP contribution in [0.3, 0.4) is 0 Å². The lowest BCUT2D eigenvalue weighted by Crippen LogP contribution is -2.44. The fourth-order valence-electron chi connectivity index (χ4n) is 5.80. The number of thiazole rings is 1. The minimum Gasteiger partial charge on any atom is -0.479 e. The van der Waals surface area contributed by atoms with E-state index in [1.54, 1.807) is 11.3 Å². The molecule has 1 unspecified atom stereocenters. The number of hydrogen-bond acceptors (Lipinski definition) is 7. The van der Waals surface area contributed by atoms with Gasteiger partial charge in [0, 0.05) is 54.1 Å². The number of hydrogen-bond donors (Lipinski definition) is 1. The second-order valence-electron chi connectivity index (χ2n) is 12.6. The molecular weight excluding hydrogens is 604 g/mol. The standard InChI is InChI=1S/C36H37ClN4O3S/c1-22-19-28-33(31(23-9-11-27(37)12-10-23)30(22)32(35(42)43)44-36(2,3)4)45-34(39-28)26-8-6-7-24(20-26)25-13-14-38-29(21-25)41-17-15-40(5)16-18-41/h6-14,19-21,32H,15-18H2,1-5H3,(H,42,43). The van der Waals surface area contributed by atoms with Crippen molar-refractivity contribution in [1.82, 2.24) is 14.9 Å². The Kier molecular flexibility index (Phi) is 8.68. The second-order valence-corrected chi connectivity index (χ2v) is 14.0. The largest absolute Gasteiger partial charge is 0.479 e. The smallest absolute Gasteiger partial charge is 0.337 e. The number of aryl methyl sites for hydroxylation is 1. The number of nitrogens with zero attached hydrogens (tertiary/aromatic N) is 4. The first-order valence-electron chi connectivity index (χ1n) is 15.1. The number of carboxylic acids is 1. The highest BCUT2D eigenvalue weighted by molar-refractivity contribution is 7.22. The highest BCUT2D eigenvalue weighted by Crippen LogP contribution is 2.44. The number of fused-ring (bicyclic) bond motifs is 1. The molecule has 5 aromatic rings. The molecule has 1 saturated heterocycles. The van der Waals surface area contributed by atoms with Gasteiger partial charge < -0.3 is 19.6 Å². The van der Waals surface area contributed by atoms with Gasteiger partial charge in [0.05, 0.1) is 15.8 Å². The van der Waals surface area contributed by atoms with Gasteiger partial charge in [-0.15, -0.1) is 11.3 Å². The zero-order chi connectivity index (χ0) is 31.9. The number of aromatic nitrogens is 2. The number of carbonyl (C=O) groups is 1. The maximum Gasteiger partial charge on any atom is 0.337 e. The van der Waals surface area contributed by atoms with E-state index in [0.29, 0.717) is 10.6 Å². The Morgan fingerprint density at radius 2 is 1.64 bits per heavy atom. The Balaban J connectivity index is 1.45. The van der Waals surface area contributed by atoms with Crippen molar-refractivity contribution in [2.45, 2.75) is 39.4 Å². The molecule has 0 saturated carbocycles. The fourth-order valence-corrected chi connectivity index (χ4v) is 7.05. The molecule has 0 radical (unpaired) electrons. The Bertz CT molecular complexity index is 1860. The van der Waals surface area contributed by atoms with Crippen molar-refractivity contribution in [3.63, 3.8) is 0 Å². The van der Waals surface area contributed by atoms with Gasteiger partial charge in [-0.25, -0.2) is 14.8 Å². The minimum absolute atomic E-state index is 0.610. The molecule has 3 heterocycles. The molecule has 7 nitrogen and oxygen atoms in total. The van der Waals surface area contributed by atoms with Crippen LogP contribution in [0.1, 0.15) is 38.0 Å². The molecule has 1 aliphatic heterocycles. The summed E-state index contributed by atoms with van der Waals surface area (Å²) in [6, 6.07) is 22.1. The lowest BCUT2D eigenvalue weighted by Gasteiger charge is -2.33. The van der Waals surface area contributed by atoms with Crippen LogP contribution in [0.25, 0.3) is 43.0 Å². The molecule has 1 fully saturated rings. The van der Waals surface area contributed by atoms with E-state index < -0.39 is 17.7 Å². The minimum atomic E-state index is -1.16. The molecule has 1 atom stereocenters. The van der Waals surface area contributed by atoms with Gasteiger partial charge in [0.15, 0.2) is 6.10 Å². The molecule has 6 rings (SSSR count). The number of halogens is 1. The quantitative estimate of drug-likeness (QED) is 0.192. The molecule has 45 heavy (non-hydrogen) atoms. The van der Waals surface area contributed by atoms with Crippen LogP contribution in [0.2, 0.25) is 5.02 Å². The Hall–Kier alpha value is -3.82. The number of carboxylic acid groups (broad SMARTS) is 1. The second kappa shape index (κ2) is 12.5. The Morgan fingerprint density at radius 3 is 2.33 bits per heavy atom. The van der Waals surface area contributed by atoms with Crippen LogP contribution < -0.4 is 4.90 Å². The zero-order valence-electron chi connectivity index (χ0n) is 26.2. The summed E-state index contributed by atoms with van der Waals surface area (Å²) in [7, 11) is 2.15. The van der Waals surface area contributed by atoms with Crippen molar-refractivity contribution < 1.29 is 14.6 Å². The van der Waals surface area contributed by atoms with E-state index in [4.69, 9.17) is 21.3 Å². The number of anilines is 1. The van der Waals surface area contributed by atoms with Crippen molar-refractivity contribution in [2.24, 2.45) is 0 Å². The van der Waals surface area contributed by atoms with E-state index in [2.05, 4.69) is 52.2 Å². The van der Waals surface area contributed by atoms with Gasteiger partial charge in [0.1, 0.15) is 10.8 Å². The molecule has 0 amide bonds. The molecule has 1 aliphatic rings. The summed E-state index contributed by atoms with van der Waals surface area (Å²) in [4.78, 5) is 27.1. The monoisotopic (exact) mass is 640 g/mol. The summed E-state index contributed by atoms with van der Waals surface area (Å²) >= 11 is 7.82. The molecule has 0 bridgehead atoms. The van der Waals surface area contributed by atoms with Gasteiger partial charge in [-0.2, -0.15) is 0 Å². The van der Waals surface area contributed by atoms with Crippen molar-refractivity contribution in [2.75, 3.05) is 38.1 Å². The van der Waals surface area contributed by atoms with E-state index in [9.17, 15) is 9.90 Å². The highest BCUT2D eigenvalue weighted by atomic mass is 35.5. The van der Waals surface area contributed by atoms with Crippen molar-refractivity contribution in [1.29, 1.82) is 0 Å². The first-order valence-corrected chi connectivity index (χ1v) is 16.3. The van der Waals surface area contributed by atoms with E-state index >= 15 is 0 Å². The normalized spacial score (nSPS) is 15.0. The van der Waals surface area contributed by atoms with Gasteiger partial charge in [0.25, 0.3) is 0 Å². The van der Waals surface area contributed by atoms with Crippen molar-refractivity contribution >= 4 is 44.9 Å². The molecule has 3 aromatic carbocycles. The first kappa shape index (κ1) is 31.2. The lowest BCUT2D eigenvalue weighted by molar-refractivity contribution is -0.160. The molecular formula is C36H37ClN4O3S. The molecule has 9 heteroatoms. The van der Waals surface area contributed by atoms with E-state index in [1.165, 1.54) is 0 Å². The van der Waals surface area contributed by atoms with Gasteiger partial charge in [-0.1, -0.05) is 41.9 Å². The number of rotatable bonds is 7. The number of piperazine rings is 1. The topological polar surface area (TPSA) is 78.8 Å². The zero-order valence-corrected chi connectivity index (χ0v) is 27.7. The summed E-state index contributed by atoms with van der Waals surface area (Å²) in [6.45, 7) is 11.5. The van der Waals surface area contributed by atoms with Crippen LogP contribution in [0.4, 0.5) is 5.82 Å². The summed E-state index contributed by atoms with van der Waals surface area (Å²) in [6.07, 6.45) is 0.726. The fraction of sp³-hybridized carbons (Fsp3) is 0.306. The number of benzene rings is 3. The Morgan fingerprint density at radius 1 is 0.956 bits per heavy atom. The van der Waals surface area contributed by atoms with E-state index in [1.807, 2.05) is 70.3 Å². The van der Waals surface area contributed by atoms with Crippen LogP contribution in [0.15, 0.2) is 72.9 Å². The summed E-state index contributed by atoms with van der Waals surface area (Å²) in [5, 5.41) is 11.8. The van der Waals surface area contributed by atoms with Gasteiger partial charge >= 0.3 is 5.97 Å². The summed E-state index contributed by atoms with van der Waals surface area (Å²) in [5.41, 5.74) is 6.44. The average molecular weight is 641 g/mol. The number of pyridine rings is 1. The number of likely N-dealkylation sites (N-methyl/N-ethyl adjacent to an activating group) is 1. The van der Waals surface area contributed by atoms with Gasteiger partial charge in [0.2, 0.25) is 0 Å². The third kappa shape index (κ3) is 6.75. The van der Waals surface area contributed by atoms with Crippen LogP contribution in [0.5, 0.6) is 0 Å². The highest BCUT2D eigenvalue weighted by Gasteiger charge is 2.32. The predicted octanol–water partition coefficient (Wildman–Crippen LogP) is 8.35. The summed E-state index contributed by atoms with van der Waals surface area (Å²) < 4.78 is 7.07. The van der Waals surface area contributed by atoms with Crippen LogP contribution in [-0.4, -0.2) is 64.8 Å². The SMILES string of the molecule is Cc1cc2nc(-c3cccc(-c4ccnc(N5CCN(C)CC5)c4)c3)sc2c(-c2ccc(Cl)cc2)c1C(OC(C)(C)C)C(=O)O. The Labute approximate surface area is 273 Å². The maximum atomic E-state index is 12.7. The van der Waals surface area contributed by atoms with Crippen LogP contribution >= 0.6 is 22.9 Å². The van der Waals surface area contributed by atoms with Crippen molar-refractivity contribution in [3.05, 3.63) is 89.1 Å². The number of aliphatic carboxylic acids is 1. The first-order chi connectivity index (χ1) is 21.5. The van der Waals surface area contributed by atoms with Crippen LogP contribution in [-0.2, 0) is 9.53 Å². The third-order valence-corrected chi connectivity index (χ3v) is 9.42. The number of ether oxygens (including phenoxy) is 1. The maximum absolute atomic E-state index is 12.7. The lowest BCUT2D eigenvalue weighted by atomic mass is 9.91. The molecule has 1 N–H and O–H groups in total. The molecule has 0 aliphatic carbocycles. The predicted molar refractivity (Wildman–Crippen MR) is 184 cm³/mol. The molecule has 232 valence electrons. The van der Waals surface area contributed by atoms with Crippen LogP contribution in [0, 0.1) is 6.92 Å². The molecule has 2 aromatic heterocycles. The van der Waals surface area contributed by atoms with Gasteiger partial charge in [-0.3, -0.25) is 0 Å². The average Bonchev–Trinajstić information content (AvgIpc) is 3.43. The third-order valence-electron chi connectivity index (χ3n) is 8.03. The summed E-state index contributed by atoms with van der Waals surface area (Å²) in [5.74, 6) is -0.0413. The molecule has 0 spiro atoms. The van der Waals surface area contributed by atoms with Crippen molar-refractivity contribution in [3.8, 4) is 32.8 Å².